The molecule has 0 N–H and O–H groups in total. The third-order valence-electron chi connectivity index (χ3n) is 6.27. The van der Waals surface area contributed by atoms with Crippen molar-refractivity contribution in [2.45, 2.75) is 37.4 Å². The number of nitrogens with zero attached hydrogens (tertiary/aromatic N) is 2. The van der Waals surface area contributed by atoms with Gasteiger partial charge in [-0.1, -0.05) is 24.3 Å². The van der Waals surface area contributed by atoms with Crippen molar-refractivity contribution in [3.05, 3.63) is 65.8 Å². The second-order valence-corrected chi connectivity index (χ2v) is 8.20. The fourth-order valence-electron chi connectivity index (χ4n) is 4.62. The third kappa shape index (κ3) is 4.00. The van der Waals surface area contributed by atoms with Crippen LogP contribution in [0.25, 0.3) is 11.1 Å². The molecular weight excluding hydrogens is 383 g/mol. The predicted octanol–water partition coefficient (Wildman–Crippen LogP) is 4.83. The number of hydrogen-bond donors (Lipinski definition) is 0. The number of para-hydroxylation sites is 2. The summed E-state index contributed by atoms with van der Waals surface area (Å²) in [6.07, 6.45) is 3.85. The zero-order valence-electron chi connectivity index (χ0n) is 17.1. The van der Waals surface area contributed by atoms with E-state index in [0.29, 0.717) is 19.1 Å². The van der Waals surface area contributed by atoms with Crippen LogP contribution in [-0.2, 0) is 15.3 Å². The van der Waals surface area contributed by atoms with E-state index in [1.165, 1.54) is 12.1 Å². The molecule has 5 rings (SSSR count). The Balaban J connectivity index is 1.14. The number of benzene rings is 2. The minimum Gasteiger partial charge on any atom is -0.440 e. The Kier molecular flexibility index (Phi) is 5.54. The van der Waals surface area contributed by atoms with Gasteiger partial charge < -0.3 is 18.8 Å². The summed E-state index contributed by atoms with van der Waals surface area (Å²) in [4.78, 5) is 7.17. The molecule has 2 saturated heterocycles. The van der Waals surface area contributed by atoms with Gasteiger partial charge in [0.1, 0.15) is 11.3 Å². The second kappa shape index (κ2) is 8.46. The van der Waals surface area contributed by atoms with E-state index in [9.17, 15) is 4.39 Å². The summed E-state index contributed by atoms with van der Waals surface area (Å²) in [5.74, 6) is 0.290. The number of halogens is 1. The van der Waals surface area contributed by atoms with E-state index in [0.717, 1.165) is 67.9 Å². The molecule has 2 fully saturated rings. The Morgan fingerprint density at radius 2 is 1.73 bits per heavy atom. The molecular formula is C24H27FN2O3. The largest absolute Gasteiger partial charge is 0.440 e. The number of likely N-dealkylation sites (tertiary alicyclic amines) is 1. The van der Waals surface area contributed by atoms with Gasteiger partial charge in [-0.3, -0.25) is 0 Å². The summed E-state index contributed by atoms with van der Waals surface area (Å²) in [5.41, 5.74) is 2.71. The fourth-order valence-corrected chi connectivity index (χ4v) is 4.62. The van der Waals surface area contributed by atoms with Crippen LogP contribution in [0.15, 0.2) is 52.9 Å². The Morgan fingerprint density at radius 1 is 1.00 bits per heavy atom. The van der Waals surface area contributed by atoms with Crippen LogP contribution >= 0.6 is 0 Å². The van der Waals surface area contributed by atoms with Crippen LogP contribution in [0.4, 0.5) is 4.39 Å². The fraction of sp³-hybridized carbons (Fsp3) is 0.458. The van der Waals surface area contributed by atoms with E-state index < -0.39 is 5.79 Å². The molecule has 0 amide bonds. The highest BCUT2D eigenvalue weighted by Crippen LogP contribution is 2.36. The number of piperidine rings is 1. The van der Waals surface area contributed by atoms with Crippen LogP contribution in [0.1, 0.15) is 43.1 Å². The maximum Gasteiger partial charge on any atom is 0.198 e. The van der Waals surface area contributed by atoms with Crippen LogP contribution < -0.4 is 0 Å². The van der Waals surface area contributed by atoms with Gasteiger partial charge >= 0.3 is 0 Å². The first-order valence-electron chi connectivity index (χ1n) is 10.8. The van der Waals surface area contributed by atoms with Crippen molar-refractivity contribution in [2.24, 2.45) is 0 Å². The van der Waals surface area contributed by atoms with Crippen LogP contribution in [-0.4, -0.2) is 42.7 Å². The van der Waals surface area contributed by atoms with Gasteiger partial charge in [-0.2, -0.15) is 0 Å². The molecule has 5 nitrogen and oxygen atoms in total. The summed E-state index contributed by atoms with van der Waals surface area (Å²) in [6, 6.07) is 14.4. The molecule has 1 aromatic heterocycles. The Bertz CT molecular complexity index is 941. The molecule has 0 atom stereocenters. The summed E-state index contributed by atoms with van der Waals surface area (Å²) in [5, 5.41) is 0. The number of rotatable bonds is 6. The summed E-state index contributed by atoms with van der Waals surface area (Å²) < 4.78 is 31.2. The van der Waals surface area contributed by atoms with Gasteiger partial charge in [-0.05, 0) is 63.2 Å². The van der Waals surface area contributed by atoms with Gasteiger partial charge in [-0.25, -0.2) is 9.37 Å². The lowest BCUT2D eigenvalue weighted by Crippen LogP contribution is -2.35. The average Bonchev–Trinajstić information content (AvgIpc) is 3.42. The molecule has 0 aliphatic carbocycles. The van der Waals surface area contributed by atoms with Crippen LogP contribution in [0, 0.1) is 5.82 Å². The zero-order valence-corrected chi connectivity index (χ0v) is 17.1. The first-order chi connectivity index (χ1) is 14.7. The van der Waals surface area contributed by atoms with Gasteiger partial charge in [0, 0.05) is 17.9 Å². The second-order valence-electron chi connectivity index (χ2n) is 8.20. The van der Waals surface area contributed by atoms with Gasteiger partial charge in [0.15, 0.2) is 17.3 Å². The molecule has 3 heterocycles. The maximum absolute atomic E-state index is 13.3. The zero-order chi connectivity index (χ0) is 20.4. The molecule has 3 aromatic rings. The van der Waals surface area contributed by atoms with Crippen molar-refractivity contribution < 1.29 is 18.3 Å². The molecule has 6 heteroatoms. The van der Waals surface area contributed by atoms with E-state index in [2.05, 4.69) is 9.88 Å². The highest BCUT2D eigenvalue weighted by molar-refractivity contribution is 5.72. The molecule has 2 aliphatic rings. The first kappa shape index (κ1) is 19.7. The topological polar surface area (TPSA) is 47.7 Å². The highest BCUT2D eigenvalue weighted by atomic mass is 19.1. The number of oxazole rings is 1. The monoisotopic (exact) mass is 410 g/mol. The van der Waals surface area contributed by atoms with Gasteiger partial charge in [0.25, 0.3) is 0 Å². The quantitative estimate of drug-likeness (QED) is 0.583. The maximum atomic E-state index is 13.3. The van der Waals surface area contributed by atoms with Gasteiger partial charge in [0.2, 0.25) is 0 Å². The van der Waals surface area contributed by atoms with E-state index in [1.807, 2.05) is 24.3 Å². The Labute approximate surface area is 175 Å². The van der Waals surface area contributed by atoms with E-state index in [1.54, 1.807) is 12.1 Å². The van der Waals surface area contributed by atoms with Crippen LogP contribution in [0.2, 0.25) is 0 Å². The number of hydrogen-bond acceptors (Lipinski definition) is 5. The molecule has 0 spiro atoms. The van der Waals surface area contributed by atoms with Gasteiger partial charge in [-0.15, -0.1) is 0 Å². The smallest absolute Gasteiger partial charge is 0.198 e. The molecule has 30 heavy (non-hydrogen) atoms. The molecule has 0 unspecified atom stereocenters. The molecule has 2 aliphatic heterocycles. The minimum atomic E-state index is -0.732. The predicted molar refractivity (Wildman–Crippen MR) is 112 cm³/mol. The molecule has 0 radical (unpaired) electrons. The van der Waals surface area contributed by atoms with E-state index in [-0.39, 0.29) is 5.82 Å². The lowest BCUT2D eigenvalue weighted by molar-refractivity contribution is -0.172. The lowest BCUT2D eigenvalue weighted by atomic mass is 9.96. The number of ether oxygens (including phenoxy) is 2. The van der Waals surface area contributed by atoms with Crippen LogP contribution in [0.3, 0.4) is 0 Å². The van der Waals surface area contributed by atoms with Crippen molar-refractivity contribution in [3.8, 4) is 0 Å². The van der Waals surface area contributed by atoms with E-state index in [4.69, 9.17) is 13.9 Å². The van der Waals surface area contributed by atoms with Crippen molar-refractivity contribution in [3.63, 3.8) is 0 Å². The van der Waals surface area contributed by atoms with E-state index >= 15 is 0 Å². The molecule has 158 valence electrons. The average molecular weight is 410 g/mol. The summed E-state index contributed by atoms with van der Waals surface area (Å²) >= 11 is 0. The van der Waals surface area contributed by atoms with Crippen molar-refractivity contribution in [2.75, 3.05) is 32.8 Å². The third-order valence-corrected chi connectivity index (χ3v) is 6.27. The number of aromatic nitrogens is 1. The summed E-state index contributed by atoms with van der Waals surface area (Å²) in [6.45, 7) is 4.22. The standard InChI is InChI=1S/C24H27FN2O3/c25-20-8-6-19(7-9-20)24(28-16-17-29-24)12-3-13-27-14-10-18(11-15-27)23-26-21-4-1-2-5-22(21)30-23/h1-2,4-9,18H,3,10-17H2. The van der Waals surface area contributed by atoms with Crippen molar-refractivity contribution in [1.29, 1.82) is 0 Å². The first-order valence-corrected chi connectivity index (χ1v) is 10.8. The molecule has 2 aromatic carbocycles. The van der Waals surface area contributed by atoms with Crippen molar-refractivity contribution in [1.82, 2.24) is 9.88 Å². The van der Waals surface area contributed by atoms with Crippen molar-refractivity contribution >= 4 is 11.1 Å². The molecule has 0 saturated carbocycles. The Hall–Kier alpha value is -2.28. The lowest BCUT2D eigenvalue weighted by Gasteiger charge is -2.32. The Morgan fingerprint density at radius 3 is 2.47 bits per heavy atom. The van der Waals surface area contributed by atoms with Gasteiger partial charge in [0.05, 0.1) is 13.2 Å². The number of fused-ring (bicyclic) bond motifs is 1. The molecule has 0 bridgehead atoms. The normalized spacial score (nSPS) is 20.2. The SMILES string of the molecule is Fc1ccc(C2(CCCN3CCC(c4nc5ccccc5o4)CC3)OCCO2)cc1. The minimum absolute atomic E-state index is 0.242. The summed E-state index contributed by atoms with van der Waals surface area (Å²) in [7, 11) is 0. The van der Waals surface area contributed by atoms with Crippen LogP contribution in [0.5, 0.6) is 0 Å². The highest BCUT2D eigenvalue weighted by Gasteiger charge is 2.38.